The van der Waals surface area contributed by atoms with Gasteiger partial charge in [-0.2, -0.15) is 0 Å². The first-order valence-electron chi connectivity index (χ1n) is 8.94. The van der Waals surface area contributed by atoms with E-state index in [0.29, 0.717) is 6.04 Å². The second-order valence-electron chi connectivity index (χ2n) is 6.83. The van der Waals surface area contributed by atoms with Crippen molar-refractivity contribution in [2.24, 2.45) is 11.7 Å². The van der Waals surface area contributed by atoms with Crippen molar-refractivity contribution in [3.8, 4) is 0 Å². The SMILES string of the molecule is Clc1cccc(CC2CCCC2)c1.NC(=O)NC1CCCCC1. The number of nitrogens with two attached hydrogens (primary N) is 1. The molecule has 3 nitrogen and oxygen atoms in total. The van der Waals surface area contributed by atoms with Crippen LogP contribution in [-0.4, -0.2) is 12.1 Å². The molecule has 0 heterocycles. The van der Waals surface area contributed by atoms with Gasteiger partial charge in [0.2, 0.25) is 0 Å². The Morgan fingerprint density at radius 2 is 1.74 bits per heavy atom. The fourth-order valence-corrected chi connectivity index (χ4v) is 3.87. The van der Waals surface area contributed by atoms with Gasteiger partial charge in [-0.1, -0.05) is 68.7 Å². The fourth-order valence-electron chi connectivity index (χ4n) is 3.66. The summed E-state index contributed by atoms with van der Waals surface area (Å²) in [6.07, 6.45) is 12.8. The predicted molar refractivity (Wildman–Crippen MR) is 96.7 cm³/mol. The van der Waals surface area contributed by atoms with Crippen molar-refractivity contribution in [1.82, 2.24) is 5.32 Å². The van der Waals surface area contributed by atoms with Gasteiger partial charge in [-0.3, -0.25) is 0 Å². The zero-order chi connectivity index (χ0) is 16.5. The summed E-state index contributed by atoms with van der Waals surface area (Å²) in [6.45, 7) is 0. The first-order chi connectivity index (χ1) is 11.1. The number of hydrogen-bond donors (Lipinski definition) is 2. The topological polar surface area (TPSA) is 55.1 Å². The Balaban J connectivity index is 0.000000174. The minimum absolute atomic E-state index is 0.353. The van der Waals surface area contributed by atoms with Gasteiger partial charge in [-0.15, -0.1) is 0 Å². The van der Waals surface area contributed by atoms with Crippen LogP contribution in [0.2, 0.25) is 5.02 Å². The normalized spacial score (nSPS) is 19.0. The van der Waals surface area contributed by atoms with Crippen LogP contribution >= 0.6 is 11.6 Å². The summed E-state index contributed by atoms with van der Waals surface area (Å²) >= 11 is 5.93. The van der Waals surface area contributed by atoms with Gasteiger partial charge < -0.3 is 11.1 Å². The summed E-state index contributed by atoms with van der Waals surface area (Å²) in [5.74, 6) is 0.915. The van der Waals surface area contributed by atoms with Crippen LogP contribution in [0.3, 0.4) is 0 Å². The van der Waals surface area contributed by atoms with Crippen molar-refractivity contribution in [3.63, 3.8) is 0 Å². The van der Waals surface area contributed by atoms with Crippen LogP contribution in [0.15, 0.2) is 24.3 Å². The average molecular weight is 337 g/mol. The number of urea groups is 1. The molecule has 0 bridgehead atoms. The van der Waals surface area contributed by atoms with Crippen molar-refractivity contribution in [2.45, 2.75) is 70.3 Å². The molecule has 0 saturated heterocycles. The minimum Gasteiger partial charge on any atom is -0.352 e. The van der Waals surface area contributed by atoms with Crippen molar-refractivity contribution >= 4 is 17.6 Å². The first kappa shape index (κ1) is 18.1. The molecule has 2 aliphatic carbocycles. The van der Waals surface area contributed by atoms with E-state index in [2.05, 4.69) is 17.4 Å². The molecule has 0 radical (unpaired) electrons. The molecular formula is C19H29ClN2O. The Kier molecular flexibility index (Phi) is 7.73. The molecule has 2 fully saturated rings. The number of carbonyl (C=O) groups is 1. The standard InChI is InChI=1S/C12H15Cl.C7H14N2O/c13-12-7-3-6-11(9-12)8-10-4-1-2-5-10;8-7(10)9-6-4-2-1-3-5-6/h3,6-7,9-10H,1-2,4-5,8H2;6H,1-5H2,(H3,8,9,10). The minimum atomic E-state index is -0.382. The maximum absolute atomic E-state index is 10.4. The van der Waals surface area contributed by atoms with E-state index in [-0.39, 0.29) is 6.03 Å². The van der Waals surface area contributed by atoms with E-state index in [1.807, 2.05) is 12.1 Å². The molecule has 0 aromatic heterocycles. The third-order valence-electron chi connectivity index (χ3n) is 4.84. The highest BCUT2D eigenvalue weighted by molar-refractivity contribution is 6.30. The summed E-state index contributed by atoms with van der Waals surface area (Å²) in [5.41, 5.74) is 6.38. The lowest BCUT2D eigenvalue weighted by molar-refractivity contribution is 0.241. The molecule has 128 valence electrons. The Bertz CT molecular complexity index is 480. The fraction of sp³-hybridized carbons (Fsp3) is 0.632. The third kappa shape index (κ3) is 7.26. The number of nitrogens with one attached hydrogen (secondary N) is 1. The van der Waals surface area contributed by atoms with E-state index >= 15 is 0 Å². The number of hydrogen-bond acceptors (Lipinski definition) is 1. The number of halogens is 1. The van der Waals surface area contributed by atoms with Crippen LogP contribution in [0.25, 0.3) is 0 Å². The van der Waals surface area contributed by atoms with Crippen molar-refractivity contribution in [1.29, 1.82) is 0 Å². The van der Waals surface area contributed by atoms with Crippen LogP contribution < -0.4 is 11.1 Å². The van der Waals surface area contributed by atoms with Crippen LogP contribution in [0.5, 0.6) is 0 Å². The first-order valence-corrected chi connectivity index (χ1v) is 9.31. The van der Waals surface area contributed by atoms with Gasteiger partial charge in [0.1, 0.15) is 0 Å². The van der Waals surface area contributed by atoms with Crippen LogP contribution in [0.4, 0.5) is 4.79 Å². The molecule has 4 heteroatoms. The van der Waals surface area contributed by atoms with Gasteiger partial charge in [0.25, 0.3) is 0 Å². The number of amides is 2. The molecule has 1 aromatic carbocycles. The van der Waals surface area contributed by atoms with E-state index in [9.17, 15) is 4.79 Å². The lowest BCUT2D eigenvalue weighted by Crippen LogP contribution is -2.39. The van der Waals surface area contributed by atoms with Crippen molar-refractivity contribution in [2.75, 3.05) is 0 Å². The van der Waals surface area contributed by atoms with E-state index in [1.165, 1.54) is 56.9 Å². The van der Waals surface area contributed by atoms with Gasteiger partial charge in [0, 0.05) is 11.1 Å². The van der Waals surface area contributed by atoms with E-state index in [1.54, 1.807) is 0 Å². The van der Waals surface area contributed by atoms with Gasteiger partial charge >= 0.3 is 6.03 Å². The lowest BCUT2D eigenvalue weighted by atomic mass is 9.96. The van der Waals surface area contributed by atoms with Gasteiger partial charge in [0.05, 0.1) is 0 Å². The highest BCUT2D eigenvalue weighted by Gasteiger charge is 2.15. The molecule has 2 amide bonds. The summed E-state index contributed by atoms with van der Waals surface area (Å²) in [6, 6.07) is 8.24. The second kappa shape index (κ2) is 9.82. The smallest absolute Gasteiger partial charge is 0.312 e. The van der Waals surface area contributed by atoms with Crippen LogP contribution in [0.1, 0.15) is 63.4 Å². The molecule has 23 heavy (non-hydrogen) atoms. The zero-order valence-electron chi connectivity index (χ0n) is 13.9. The molecule has 2 aliphatic rings. The predicted octanol–water partition coefficient (Wildman–Crippen LogP) is 5.06. The highest BCUT2D eigenvalue weighted by Crippen LogP contribution is 2.28. The number of rotatable bonds is 3. The Hall–Kier alpha value is -1.22. The van der Waals surface area contributed by atoms with Crippen LogP contribution in [-0.2, 0) is 6.42 Å². The van der Waals surface area contributed by atoms with Crippen molar-refractivity contribution < 1.29 is 4.79 Å². The maximum atomic E-state index is 10.4. The van der Waals surface area contributed by atoms with Gasteiger partial charge in [0.15, 0.2) is 0 Å². The quantitative estimate of drug-likeness (QED) is 0.796. The molecule has 1 aromatic rings. The maximum Gasteiger partial charge on any atom is 0.312 e. The molecule has 0 unspecified atom stereocenters. The Morgan fingerprint density at radius 3 is 2.35 bits per heavy atom. The molecule has 2 saturated carbocycles. The average Bonchev–Trinajstić information content (AvgIpc) is 3.01. The number of benzene rings is 1. The lowest BCUT2D eigenvalue weighted by Gasteiger charge is -2.21. The molecule has 0 atom stereocenters. The van der Waals surface area contributed by atoms with Gasteiger partial charge in [-0.05, 0) is 42.9 Å². The molecule has 3 rings (SSSR count). The van der Waals surface area contributed by atoms with Crippen molar-refractivity contribution in [3.05, 3.63) is 34.9 Å². The molecular weight excluding hydrogens is 308 g/mol. The second-order valence-corrected chi connectivity index (χ2v) is 7.26. The Morgan fingerprint density at radius 1 is 1.09 bits per heavy atom. The van der Waals surface area contributed by atoms with Crippen LogP contribution in [0, 0.1) is 5.92 Å². The van der Waals surface area contributed by atoms with E-state index in [0.717, 1.165) is 23.8 Å². The third-order valence-corrected chi connectivity index (χ3v) is 5.07. The molecule has 0 spiro atoms. The molecule has 0 aliphatic heterocycles. The Labute approximate surface area is 145 Å². The monoisotopic (exact) mass is 336 g/mol. The molecule has 3 N–H and O–H groups in total. The highest BCUT2D eigenvalue weighted by atomic mass is 35.5. The van der Waals surface area contributed by atoms with E-state index < -0.39 is 0 Å². The zero-order valence-corrected chi connectivity index (χ0v) is 14.7. The number of primary amides is 1. The number of carbonyl (C=O) groups excluding carboxylic acids is 1. The summed E-state index contributed by atoms with van der Waals surface area (Å²) in [4.78, 5) is 10.4. The summed E-state index contributed by atoms with van der Waals surface area (Å²) < 4.78 is 0. The summed E-state index contributed by atoms with van der Waals surface area (Å²) in [7, 11) is 0. The summed E-state index contributed by atoms with van der Waals surface area (Å²) in [5, 5.41) is 3.59. The van der Waals surface area contributed by atoms with E-state index in [4.69, 9.17) is 17.3 Å². The largest absolute Gasteiger partial charge is 0.352 e. The van der Waals surface area contributed by atoms with Gasteiger partial charge in [-0.25, -0.2) is 4.79 Å².